The number of hydrogen-bond donors (Lipinski definition) is 1. The number of aromatic nitrogens is 1. The Hall–Kier alpha value is -1.85. The van der Waals surface area contributed by atoms with Gasteiger partial charge in [-0.1, -0.05) is 31.1 Å². The highest BCUT2D eigenvalue weighted by atomic mass is 16.5. The zero-order valence-electron chi connectivity index (χ0n) is 15.2. The molecule has 1 unspecified atom stereocenters. The van der Waals surface area contributed by atoms with Gasteiger partial charge in [-0.05, 0) is 44.6 Å². The second kappa shape index (κ2) is 9.45. The lowest BCUT2D eigenvalue weighted by atomic mass is 10.2. The molecule has 24 heavy (non-hydrogen) atoms. The van der Waals surface area contributed by atoms with Crippen LogP contribution >= 0.6 is 0 Å². The van der Waals surface area contributed by atoms with E-state index in [9.17, 15) is 0 Å². The van der Waals surface area contributed by atoms with Crippen molar-refractivity contribution in [3.05, 3.63) is 47.3 Å². The van der Waals surface area contributed by atoms with Crippen molar-refractivity contribution >= 4 is 0 Å². The molecule has 5 heteroatoms. The summed E-state index contributed by atoms with van der Waals surface area (Å²) < 4.78 is 10.9. The van der Waals surface area contributed by atoms with Crippen molar-refractivity contribution in [1.82, 2.24) is 15.4 Å². The summed E-state index contributed by atoms with van der Waals surface area (Å²) in [6, 6.07) is 10.4. The highest BCUT2D eigenvalue weighted by Crippen LogP contribution is 2.15. The molecule has 0 aliphatic rings. The van der Waals surface area contributed by atoms with Crippen LogP contribution < -0.4 is 10.1 Å². The van der Waals surface area contributed by atoms with Crippen molar-refractivity contribution in [3.8, 4) is 5.75 Å². The summed E-state index contributed by atoms with van der Waals surface area (Å²) in [5.41, 5.74) is 2.15. The Kier molecular flexibility index (Phi) is 7.28. The average molecular weight is 331 g/mol. The molecule has 2 rings (SSSR count). The van der Waals surface area contributed by atoms with E-state index >= 15 is 0 Å². The number of rotatable bonds is 10. The lowest BCUT2D eigenvalue weighted by molar-refractivity contribution is 0.223. The van der Waals surface area contributed by atoms with Gasteiger partial charge in [-0.15, -0.1) is 0 Å². The molecule has 0 saturated carbocycles. The van der Waals surface area contributed by atoms with Gasteiger partial charge in [0.15, 0.2) is 0 Å². The molecule has 0 aliphatic carbocycles. The zero-order chi connectivity index (χ0) is 17.4. The largest absolute Gasteiger partial charge is 0.492 e. The van der Waals surface area contributed by atoms with Gasteiger partial charge in [0.2, 0.25) is 0 Å². The minimum absolute atomic E-state index is 0.160. The van der Waals surface area contributed by atoms with Crippen LogP contribution in [0.4, 0.5) is 0 Å². The van der Waals surface area contributed by atoms with E-state index in [1.54, 1.807) is 0 Å². The van der Waals surface area contributed by atoms with Crippen LogP contribution in [0.5, 0.6) is 5.75 Å². The number of hydrogen-bond acceptors (Lipinski definition) is 5. The van der Waals surface area contributed by atoms with E-state index < -0.39 is 0 Å². The maximum atomic E-state index is 5.81. The van der Waals surface area contributed by atoms with E-state index in [1.807, 2.05) is 25.1 Å². The van der Waals surface area contributed by atoms with Crippen molar-refractivity contribution in [1.29, 1.82) is 0 Å². The predicted octanol–water partition coefficient (Wildman–Crippen LogP) is 3.55. The van der Waals surface area contributed by atoms with E-state index in [-0.39, 0.29) is 6.04 Å². The third-order valence-electron chi connectivity index (χ3n) is 4.20. The molecule has 0 radical (unpaired) electrons. The molecular weight excluding hydrogens is 302 g/mol. The molecular formula is C19H29N3O2. The van der Waals surface area contributed by atoms with Crippen LogP contribution in [0.3, 0.4) is 0 Å². The van der Waals surface area contributed by atoms with Crippen molar-refractivity contribution in [3.63, 3.8) is 0 Å². The Morgan fingerprint density at radius 2 is 1.92 bits per heavy atom. The van der Waals surface area contributed by atoms with Crippen molar-refractivity contribution in [2.45, 2.75) is 40.3 Å². The van der Waals surface area contributed by atoms with Crippen LogP contribution in [0.25, 0.3) is 0 Å². The quantitative estimate of drug-likeness (QED) is 0.721. The van der Waals surface area contributed by atoms with E-state index in [4.69, 9.17) is 9.26 Å². The molecule has 1 atom stereocenters. The van der Waals surface area contributed by atoms with Crippen LogP contribution in [0.1, 0.15) is 43.8 Å². The van der Waals surface area contributed by atoms with Gasteiger partial charge in [-0.3, -0.25) is 0 Å². The van der Waals surface area contributed by atoms with Gasteiger partial charge in [-0.2, -0.15) is 0 Å². The molecule has 0 fully saturated rings. The molecule has 132 valence electrons. The fraction of sp³-hybridized carbons (Fsp3) is 0.526. The summed E-state index contributed by atoms with van der Waals surface area (Å²) in [5.74, 6) is 1.76. The first-order chi connectivity index (χ1) is 11.6. The Morgan fingerprint density at radius 3 is 2.50 bits per heavy atom. The molecule has 1 aromatic carbocycles. The third-order valence-corrected chi connectivity index (χ3v) is 4.20. The number of ether oxygens (including phenoxy) is 1. The maximum Gasteiger partial charge on any atom is 0.133 e. The molecule has 2 aromatic rings. The Labute approximate surface area is 145 Å². The first kappa shape index (κ1) is 18.5. The Balaban J connectivity index is 1.75. The average Bonchev–Trinajstić information content (AvgIpc) is 3.04. The number of nitrogens with one attached hydrogen (secondary N) is 1. The second-order valence-corrected chi connectivity index (χ2v) is 5.98. The zero-order valence-corrected chi connectivity index (χ0v) is 15.2. The SMILES string of the molecule is CCN(CC)CCOc1ccc(CNC(C)c2cc(C)on2)cc1. The molecule has 0 aliphatic heterocycles. The van der Waals surface area contributed by atoms with Gasteiger partial charge in [0.25, 0.3) is 0 Å². The fourth-order valence-corrected chi connectivity index (χ4v) is 2.50. The van der Waals surface area contributed by atoms with Gasteiger partial charge in [0.1, 0.15) is 23.8 Å². The van der Waals surface area contributed by atoms with Crippen LogP contribution in [-0.2, 0) is 6.54 Å². The first-order valence-electron chi connectivity index (χ1n) is 8.73. The van der Waals surface area contributed by atoms with Crippen LogP contribution in [-0.4, -0.2) is 36.3 Å². The molecule has 5 nitrogen and oxygen atoms in total. The number of likely N-dealkylation sites (N-methyl/N-ethyl adjacent to an activating group) is 1. The lowest BCUT2D eigenvalue weighted by Crippen LogP contribution is -2.27. The van der Waals surface area contributed by atoms with E-state index in [1.165, 1.54) is 5.56 Å². The Morgan fingerprint density at radius 1 is 1.21 bits per heavy atom. The number of benzene rings is 1. The summed E-state index contributed by atoms with van der Waals surface area (Å²) in [4.78, 5) is 2.35. The normalized spacial score (nSPS) is 12.5. The molecule has 0 amide bonds. The predicted molar refractivity (Wildman–Crippen MR) is 96.2 cm³/mol. The second-order valence-electron chi connectivity index (χ2n) is 5.98. The Bertz CT molecular complexity index is 591. The molecule has 1 N–H and O–H groups in total. The van der Waals surface area contributed by atoms with E-state index in [2.05, 4.69) is 48.3 Å². The molecule has 0 spiro atoms. The van der Waals surface area contributed by atoms with Gasteiger partial charge in [-0.25, -0.2) is 0 Å². The van der Waals surface area contributed by atoms with Crippen LogP contribution in [0.2, 0.25) is 0 Å². The fourth-order valence-electron chi connectivity index (χ4n) is 2.50. The summed E-state index contributed by atoms with van der Waals surface area (Å²) in [6.45, 7) is 12.9. The van der Waals surface area contributed by atoms with Gasteiger partial charge in [0, 0.05) is 19.2 Å². The smallest absolute Gasteiger partial charge is 0.133 e. The summed E-state index contributed by atoms with van der Waals surface area (Å²) >= 11 is 0. The van der Waals surface area contributed by atoms with Gasteiger partial charge < -0.3 is 19.5 Å². The molecule has 0 saturated heterocycles. The van der Waals surface area contributed by atoms with Crippen LogP contribution in [0.15, 0.2) is 34.9 Å². The minimum atomic E-state index is 0.160. The summed E-state index contributed by atoms with van der Waals surface area (Å²) in [6.07, 6.45) is 0. The number of nitrogens with zero attached hydrogens (tertiary/aromatic N) is 2. The van der Waals surface area contributed by atoms with Gasteiger partial charge in [0.05, 0.1) is 6.04 Å². The summed E-state index contributed by atoms with van der Waals surface area (Å²) in [5, 5.41) is 7.49. The van der Waals surface area contributed by atoms with Crippen LogP contribution in [0, 0.1) is 6.92 Å². The summed E-state index contributed by atoms with van der Waals surface area (Å²) in [7, 11) is 0. The van der Waals surface area contributed by atoms with Gasteiger partial charge >= 0.3 is 0 Å². The molecule has 1 heterocycles. The van der Waals surface area contributed by atoms with Crippen molar-refractivity contribution in [2.75, 3.05) is 26.2 Å². The maximum absolute atomic E-state index is 5.81. The van der Waals surface area contributed by atoms with E-state index in [0.29, 0.717) is 0 Å². The topological polar surface area (TPSA) is 50.5 Å². The third kappa shape index (κ3) is 5.65. The molecule has 0 bridgehead atoms. The van der Waals surface area contributed by atoms with E-state index in [0.717, 1.165) is 50.0 Å². The number of aryl methyl sites for hydroxylation is 1. The van der Waals surface area contributed by atoms with Crippen molar-refractivity contribution in [2.24, 2.45) is 0 Å². The van der Waals surface area contributed by atoms with Crippen molar-refractivity contribution < 1.29 is 9.26 Å². The standard InChI is InChI=1S/C19H29N3O2/c1-5-22(6-2)11-12-23-18-9-7-17(8-10-18)14-20-16(4)19-13-15(3)24-21-19/h7-10,13,16,20H,5-6,11-12,14H2,1-4H3. The molecule has 1 aromatic heterocycles. The monoisotopic (exact) mass is 331 g/mol. The first-order valence-corrected chi connectivity index (χ1v) is 8.73. The minimum Gasteiger partial charge on any atom is -0.492 e. The lowest BCUT2D eigenvalue weighted by Gasteiger charge is -2.18. The highest BCUT2D eigenvalue weighted by molar-refractivity contribution is 5.27. The highest BCUT2D eigenvalue weighted by Gasteiger charge is 2.09.